The molecule has 1 N–H and O–H groups in total. The quantitative estimate of drug-likeness (QED) is 0.380. The van der Waals surface area contributed by atoms with Crippen LogP contribution in [0.4, 0.5) is 5.69 Å². The summed E-state index contributed by atoms with van der Waals surface area (Å²) < 4.78 is 18.3. The van der Waals surface area contributed by atoms with Crippen LogP contribution in [0.2, 0.25) is 0 Å². The predicted molar refractivity (Wildman–Crippen MR) is 142 cm³/mol. The highest BCUT2D eigenvalue weighted by Crippen LogP contribution is 2.42. The lowest BCUT2D eigenvalue weighted by molar-refractivity contribution is -0.117. The number of halogens is 1. The first-order valence-electron chi connectivity index (χ1n) is 12.0. The van der Waals surface area contributed by atoms with Crippen molar-refractivity contribution in [1.82, 2.24) is 4.90 Å². The van der Waals surface area contributed by atoms with E-state index in [1.54, 1.807) is 17.0 Å². The third-order valence-electron chi connectivity index (χ3n) is 5.74. The van der Waals surface area contributed by atoms with E-state index >= 15 is 0 Å². The summed E-state index contributed by atoms with van der Waals surface area (Å²) in [5.41, 5.74) is 2.72. The van der Waals surface area contributed by atoms with Crippen molar-refractivity contribution in [3.8, 4) is 17.2 Å². The number of anilines is 1. The number of carbonyl (C=O) groups excluding carboxylic acids is 2. The average molecular weight is 553 g/mol. The molecule has 1 aliphatic heterocycles. The van der Waals surface area contributed by atoms with Crippen LogP contribution in [0.15, 0.2) is 65.1 Å². The zero-order valence-electron chi connectivity index (χ0n) is 20.5. The van der Waals surface area contributed by atoms with Crippen molar-refractivity contribution in [3.63, 3.8) is 0 Å². The minimum Gasteiger partial charge on any atom is -0.490 e. The van der Waals surface area contributed by atoms with E-state index in [-0.39, 0.29) is 18.4 Å². The molecule has 4 rings (SSSR count). The third-order valence-corrected chi connectivity index (χ3v) is 6.23. The van der Waals surface area contributed by atoms with Gasteiger partial charge in [0, 0.05) is 21.3 Å². The lowest BCUT2D eigenvalue weighted by atomic mass is 9.95. The van der Waals surface area contributed by atoms with Crippen LogP contribution >= 0.6 is 15.9 Å². The second-order valence-corrected chi connectivity index (χ2v) is 9.04. The Kier molecular flexibility index (Phi) is 8.15. The molecule has 3 aromatic rings. The summed E-state index contributed by atoms with van der Waals surface area (Å²) in [7, 11) is 0. The molecule has 0 spiro atoms. The molecule has 0 fully saturated rings. The Morgan fingerprint density at radius 2 is 1.58 bits per heavy atom. The predicted octanol–water partition coefficient (Wildman–Crippen LogP) is 5.83. The van der Waals surface area contributed by atoms with Gasteiger partial charge in [0.05, 0.1) is 25.9 Å². The first-order valence-corrected chi connectivity index (χ1v) is 12.8. The first kappa shape index (κ1) is 25.6. The fourth-order valence-corrected chi connectivity index (χ4v) is 4.72. The summed E-state index contributed by atoms with van der Waals surface area (Å²) in [6.07, 6.45) is 0. The number of nitrogens with zero attached hydrogens (tertiary/aromatic N) is 1. The summed E-state index contributed by atoms with van der Waals surface area (Å²) in [4.78, 5) is 28.7. The maximum atomic E-state index is 14.1. The number of rotatable bonds is 8. The van der Waals surface area contributed by atoms with Crippen molar-refractivity contribution < 1.29 is 23.8 Å². The monoisotopic (exact) mass is 552 g/mol. The number of fused-ring (bicyclic) bond motifs is 1. The van der Waals surface area contributed by atoms with Gasteiger partial charge in [-0.05, 0) is 56.7 Å². The van der Waals surface area contributed by atoms with Gasteiger partial charge in [0.2, 0.25) is 11.7 Å². The average Bonchev–Trinajstić information content (AvgIpc) is 3.01. The fourth-order valence-electron chi connectivity index (χ4n) is 4.34. The van der Waals surface area contributed by atoms with Gasteiger partial charge in [-0.15, -0.1) is 0 Å². The normalized spacial score (nSPS) is 14.9. The van der Waals surface area contributed by atoms with Crippen LogP contribution in [0, 0.1) is 0 Å². The third kappa shape index (κ3) is 5.33. The van der Waals surface area contributed by atoms with Gasteiger partial charge in [-0.3, -0.25) is 9.59 Å². The first-order chi connectivity index (χ1) is 17.5. The molecule has 0 saturated carbocycles. The Labute approximate surface area is 219 Å². The molecule has 188 valence electrons. The molecule has 1 aliphatic rings. The summed E-state index contributed by atoms with van der Waals surface area (Å²) in [6, 6.07) is 18.2. The molecule has 1 heterocycles. The van der Waals surface area contributed by atoms with Crippen molar-refractivity contribution in [1.29, 1.82) is 0 Å². The van der Waals surface area contributed by atoms with E-state index in [0.29, 0.717) is 48.3 Å². The minimum absolute atomic E-state index is 0.119. The number of amides is 2. The maximum absolute atomic E-state index is 14.1. The number of ether oxygens (including phenoxy) is 3. The SMILES string of the molecule is CCOc1cc(C(=O)N2CC(=O)Nc3ccc(Br)cc3[C@H]2c2ccccc2)cc(OCC)c1OCC. The highest BCUT2D eigenvalue weighted by atomic mass is 79.9. The largest absolute Gasteiger partial charge is 0.490 e. The maximum Gasteiger partial charge on any atom is 0.255 e. The molecular formula is C28H29BrN2O5. The molecule has 0 bridgehead atoms. The lowest BCUT2D eigenvalue weighted by Crippen LogP contribution is -2.39. The number of hydrogen-bond acceptors (Lipinski definition) is 5. The molecule has 7 nitrogen and oxygen atoms in total. The molecule has 0 unspecified atom stereocenters. The second-order valence-electron chi connectivity index (χ2n) is 8.13. The minimum atomic E-state index is -0.497. The van der Waals surface area contributed by atoms with Crippen LogP contribution in [-0.4, -0.2) is 43.1 Å². The molecule has 0 saturated heterocycles. The van der Waals surface area contributed by atoms with E-state index in [2.05, 4.69) is 21.2 Å². The topological polar surface area (TPSA) is 77.1 Å². The molecular weight excluding hydrogens is 524 g/mol. The van der Waals surface area contributed by atoms with Crippen LogP contribution in [0.1, 0.15) is 48.3 Å². The van der Waals surface area contributed by atoms with Crippen molar-refractivity contribution in [2.45, 2.75) is 26.8 Å². The number of hydrogen-bond donors (Lipinski definition) is 1. The van der Waals surface area contributed by atoms with Gasteiger partial charge in [0.15, 0.2) is 11.5 Å². The van der Waals surface area contributed by atoms with Crippen molar-refractivity contribution >= 4 is 33.4 Å². The van der Waals surface area contributed by atoms with Crippen molar-refractivity contribution in [2.24, 2.45) is 0 Å². The smallest absolute Gasteiger partial charge is 0.255 e. The molecule has 3 aromatic carbocycles. The van der Waals surface area contributed by atoms with E-state index < -0.39 is 6.04 Å². The molecule has 2 amide bonds. The Morgan fingerprint density at radius 3 is 2.19 bits per heavy atom. The van der Waals surface area contributed by atoms with E-state index in [1.807, 2.05) is 69.3 Å². The van der Waals surface area contributed by atoms with Crippen LogP contribution in [0.25, 0.3) is 0 Å². The Morgan fingerprint density at radius 1 is 0.944 bits per heavy atom. The number of benzene rings is 3. The fraction of sp³-hybridized carbons (Fsp3) is 0.286. The molecule has 1 atom stereocenters. The zero-order chi connectivity index (χ0) is 25.7. The van der Waals surface area contributed by atoms with Crippen LogP contribution in [0.3, 0.4) is 0 Å². The molecule has 0 radical (unpaired) electrons. The van der Waals surface area contributed by atoms with Gasteiger partial charge >= 0.3 is 0 Å². The Balaban J connectivity index is 1.87. The highest BCUT2D eigenvalue weighted by Gasteiger charge is 2.35. The lowest BCUT2D eigenvalue weighted by Gasteiger charge is -2.31. The molecule has 8 heteroatoms. The number of carbonyl (C=O) groups is 2. The molecule has 0 aliphatic carbocycles. The van der Waals surface area contributed by atoms with Crippen molar-refractivity contribution in [3.05, 3.63) is 81.8 Å². The summed E-state index contributed by atoms with van der Waals surface area (Å²) in [5, 5.41) is 2.95. The Bertz CT molecular complexity index is 1220. The van der Waals surface area contributed by atoms with Gasteiger partial charge in [0.1, 0.15) is 6.54 Å². The molecule has 0 aromatic heterocycles. The summed E-state index contributed by atoms with van der Waals surface area (Å²) in [6.45, 7) is 6.69. The van der Waals surface area contributed by atoms with E-state index in [4.69, 9.17) is 14.2 Å². The van der Waals surface area contributed by atoms with Gasteiger partial charge in [0.25, 0.3) is 5.91 Å². The zero-order valence-corrected chi connectivity index (χ0v) is 22.1. The van der Waals surface area contributed by atoms with Crippen LogP contribution in [-0.2, 0) is 4.79 Å². The second kappa shape index (κ2) is 11.5. The van der Waals surface area contributed by atoms with Gasteiger partial charge < -0.3 is 24.4 Å². The number of nitrogens with one attached hydrogen (secondary N) is 1. The van der Waals surface area contributed by atoms with Crippen molar-refractivity contribution in [2.75, 3.05) is 31.7 Å². The van der Waals surface area contributed by atoms with Gasteiger partial charge in [-0.25, -0.2) is 0 Å². The highest BCUT2D eigenvalue weighted by molar-refractivity contribution is 9.10. The van der Waals surface area contributed by atoms with E-state index in [0.717, 1.165) is 15.6 Å². The van der Waals surface area contributed by atoms with E-state index in [1.165, 1.54) is 0 Å². The summed E-state index contributed by atoms with van der Waals surface area (Å²) >= 11 is 3.55. The van der Waals surface area contributed by atoms with Gasteiger partial charge in [-0.1, -0.05) is 46.3 Å². The van der Waals surface area contributed by atoms with Crippen LogP contribution in [0.5, 0.6) is 17.2 Å². The molecule has 36 heavy (non-hydrogen) atoms. The van der Waals surface area contributed by atoms with Crippen LogP contribution < -0.4 is 19.5 Å². The van der Waals surface area contributed by atoms with Gasteiger partial charge in [-0.2, -0.15) is 0 Å². The Hall–Kier alpha value is -3.52. The standard InChI is InChI=1S/C28H29BrN2O5/c1-4-34-23-14-19(15-24(35-5-2)27(23)36-6-3)28(33)31-17-25(32)30-22-13-12-20(29)16-21(22)26(31)18-10-8-7-9-11-18/h7-16,26H,4-6,17H2,1-3H3,(H,30,32)/t26-/m1/s1. The summed E-state index contributed by atoms with van der Waals surface area (Å²) in [5.74, 6) is 0.711. The van der Waals surface area contributed by atoms with E-state index in [9.17, 15) is 9.59 Å².